The normalized spacial score (nSPS) is 20.4. The van der Waals surface area contributed by atoms with E-state index in [1.54, 1.807) is 23.1 Å². The number of morpholine rings is 1. The van der Waals surface area contributed by atoms with E-state index in [-0.39, 0.29) is 25.7 Å². The zero-order valence-corrected chi connectivity index (χ0v) is 11.3. The summed E-state index contributed by atoms with van der Waals surface area (Å²) in [5.74, 6) is 0.0813. The summed E-state index contributed by atoms with van der Waals surface area (Å²) in [6, 6.07) is 5.02. The lowest BCUT2D eigenvalue weighted by molar-refractivity contribution is -0.141. The van der Waals surface area contributed by atoms with Crippen molar-refractivity contribution in [3.8, 4) is 11.5 Å². The molecule has 1 saturated heterocycles. The lowest BCUT2D eigenvalue weighted by Gasteiger charge is -2.32. The maximum absolute atomic E-state index is 12.5. The molecule has 1 atom stereocenters. The number of carbonyl (C=O) groups excluding carboxylic acids is 1. The van der Waals surface area contributed by atoms with Crippen molar-refractivity contribution in [3.63, 3.8) is 0 Å². The van der Waals surface area contributed by atoms with Crippen LogP contribution in [0.2, 0.25) is 0 Å². The molecular formula is C14H15NO6. The van der Waals surface area contributed by atoms with Crippen LogP contribution in [-0.4, -0.2) is 54.5 Å². The van der Waals surface area contributed by atoms with E-state index in [0.717, 1.165) is 0 Å². The van der Waals surface area contributed by atoms with Crippen LogP contribution in [0.15, 0.2) is 18.2 Å². The first-order valence-corrected chi connectivity index (χ1v) is 6.66. The Morgan fingerprint density at radius 1 is 1.29 bits per heavy atom. The minimum atomic E-state index is -0.933. The summed E-state index contributed by atoms with van der Waals surface area (Å²) in [6.45, 7) is 1.22. The van der Waals surface area contributed by atoms with Crippen molar-refractivity contribution >= 4 is 11.9 Å². The number of ether oxygens (including phenoxy) is 3. The summed E-state index contributed by atoms with van der Waals surface area (Å²) in [5.41, 5.74) is 0.496. The van der Waals surface area contributed by atoms with Crippen LogP contribution in [0, 0.1) is 0 Å². The minimum Gasteiger partial charge on any atom is -0.481 e. The molecule has 1 amide bonds. The molecule has 2 aliphatic heterocycles. The third kappa shape index (κ3) is 2.92. The largest absolute Gasteiger partial charge is 0.481 e. The van der Waals surface area contributed by atoms with Crippen molar-refractivity contribution in [1.82, 2.24) is 4.90 Å². The van der Waals surface area contributed by atoms with Gasteiger partial charge in [-0.3, -0.25) is 9.59 Å². The van der Waals surface area contributed by atoms with Gasteiger partial charge >= 0.3 is 5.97 Å². The van der Waals surface area contributed by atoms with Crippen molar-refractivity contribution in [2.45, 2.75) is 12.5 Å². The summed E-state index contributed by atoms with van der Waals surface area (Å²) in [5, 5.41) is 8.80. The highest BCUT2D eigenvalue weighted by Crippen LogP contribution is 2.32. The van der Waals surface area contributed by atoms with E-state index in [9.17, 15) is 9.59 Å². The fourth-order valence-corrected chi connectivity index (χ4v) is 2.43. The van der Waals surface area contributed by atoms with E-state index in [1.807, 2.05) is 0 Å². The SMILES string of the molecule is O=C(O)C[C@@H]1CN(C(=O)c2ccc3c(c2)OCO3)CCO1. The fourth-order valence-electron chi connectivity index (χ4n) is 2.43. The first-order valence-electron chi connectivity index (χ1n) is 6.66. The predicted octanol–water partition coefficient (Wildman–Crippen LogP) is 0.731. The highest BCUT2D eigenvalue weighted by atomic mass is 16.7. The van der Waals surface area contributed by atoms with Crippen LogP contribution in [0.3, 0.4) is 0 Å². The number of fused-ring (bicyclic) bond motifs is 1. The molecule has 2 aliphatic rings. The van der Waals surface area contributed by atoms with Gasteiger partial charge in [-0.2, -0.15) is 0 Å². The molecule has 1 aromatic carbocycles. The Kier molecular flexibility index (Phi) is 3.66. The average Bonchev–Trinajstić information content (AvgIpc) is 2.93. The van der Waals surface area contributed by atoms with E-state index >= 15 is 0 Å². The smallest absolute Gasteiger partial charge is 0.306 e. The molecule has 0 spiro atoms. The predicted molar refractivity (Wildman–Crippen MR) is 70.5 cm³/mol. The summed E-state index contributed by atoms with van der Waals surface area (Å²) in [6.07, 6.45) is -0.570. The third-order valence-corrected chi connectivity index (χ3v) is 3.45. The lowest BCUT2D eigenvalue weighted by atomic mass is 10.1. The Morgan fingerprint density at radius 3 is 2.90 bits per heavy atom. The molecule has 0 aromatic heterocycles. The lowest BCUT2D eigenvalue weighted by Crippen LogP contribution is -2.46. The number of carbonyl (C=O) groups is 2. The number of carboxylic acids is 1. The number of rotatable bonds is 3. The Balaban J connectivity index is 1.71. The summed E-state index contributed by atoms with van der Waals surface area (Å²) >= 11 is 0. The van der Waals surface area contributed by atoms with Crippen molar-refractivity contribution in [1.29, 1.82) is 0 Å². The molecule has 3 rings (SSSR count). The average molecular weight is 293 g/mol. The molecule has 21 heavy (non-hydrogen) atoms. The number of amides is 1. The Hall–Kier alpha value is -2.28. The highest BCUT2D eigenvalue weighted by molar-refractivity contribution is 5.95. The Labute approximate surface area is 121 Å². The van der Waals surface area contributed by atoms with E-state index in [1.165, 1.54) is 0 Å². The van der Waals surface area contributed by atoms with Crippen LogP contribution in [-0.2, 0) is 9.53 Å². The van der Waals surface area contributed by atoms with Crippen LogP contribution < -0.4 is 9.47 Å². The Morgan fingerprint density at radius 2 is 2.10 bits per heavy atom. The molecule has 112 valence electrons. The molecule has 0 saturated carbocycles. The Bertz CT molecular complexity index is 573. The fraction of sp³-hybridized carbons (Fsp3) is 0.429. The van der Waals surface area contributed by atoms with Crippen LogP contribution in [0.25, 0.3) is 0 Å². The van der Waals surface area contributed by atoms with Gasteiger partial charge in [0.15, 0.2) is 11.5 Å². The van der Waals surface area contributed by atoms with Crippen LogP contribution in [0.4, 0.5) is 0 Å². The maximum atomic E-state index is 12.5. The van der Waals surface area contributed by atoms with Crippen LogP contribution >= 0.6 is 0 Å². The molecular weight excluding hydrogens is 278 g/mol. The molecule has 0 unspecified atom stereocenters. The van der Waals surface area contributed by atoms with Gasteiger partial charge in [0.2, 0.25) is 6.79 Å². The highest BCUT2D eigenvalue weighted by Gasteiger charge is 2.27. The first-order chi connectivity index (χ1) is 10.1. The topological polar surface area (TPSA) is 85.3 Å². The molecule has 7 nitrogen and oxygen atoms in total. The summed E-state index contributed by atoms with van der Waals surface area (Å²) < 4.78 is 15.8. The molecule has 1 N–H and O–H groups in total. The molecule has 1 aromatic rings. The van der Waals surface area contributed by atoms with Crippen LogP contribution in [0.5, 0.6) is 11.5 Å². The third-order valence-electron chi connectivity index (χ3n) is 3.45. The van der Waals surface area contributed by atoms with Gasteiger partial charge in [0.05, 0.1) is 19.1 Å². The van der Waals surface area contributed by atoms with Crippen molar-refractivity contribution in [3.05, 3.63) is 23.8 Å². The number of nitrogens with zero attached hydrogens (tertiary/aromatic N) is 1. The molecule has 0 radical (unpaired) electrons. The second-order valence-corrected chi connectivity index (χ2v) is 4.91. The molecule has 0 bridgehead atoms. The number of hydrogen-bond acceptors (Lipinski definition) is 5. The van der Waals surface area contributed by atoms with Crippen LogP contribution in [0.1, 0.15) is 16.8 Å². The number of hydrogen-bond donors (Lipinski definition) is 1. The van der Waals surface area contributed by atoms with Gasteiger partial charge in [0, 0.05) is 18.7 Å². The number of aliphatic carboxylic acids is 1. The van der Waals surface area contributed by atoms with Gasteiger partial charge in [0.25, 0.3) is 5.91 Å². The summed E-state index contributed by atoms with van der Waals surface area (Å²) in [4.78, 5) is 24.8. The minimum absolute atomic E-state index is 0.106. The zero-order valence-electron chi connectivity index (χ0n) is 11.3. The monoisotopic (exact) mass is 293 g/mol. The van der Waals surface area contributed by atoms with Gasteiger partial charge in [-0.1, -0.05) is 0 Å². The standard InChI is InChI=1S/C14H15NO6/c16-13(17)6-10-7-15(3-4-19-10)14(18)9-1-2-11-12(5-9)21-8-20-11/h1-2,5,10H,3-4,6-8H2,(H,16,17)/t10-/m1/s1. The van der Waals surface area contributed by atoms with E-state index in [4.69, 9.17) is 19.3 Å². The molecule has 0 aliphatic carbocycles. The quantitative estimate of drug-likeness (QED) is 0.884. The summed E-state index contributed by atoms with van der Waals surface area (Å²) in [7, 11) is 0. The van der Waals surface area contributed by atoms with Gasteiger partial charge in [0.1, 0.15) is 0 Å². The second kappa shape index (κ2) is 5.61. The van der Waals surface area contributed by atoms with Gasteiger partial charge in [-0.25, -0.2) is 0 Å². The first kappa shape index (κ1) is 13.7. The molecule has 1 fully saturated rings. The van der Waals surface area contributed by atoms with Gasteiger partial charge in [-0.05, 0) is 18.2 Å². The zero-order chi connectivity index (χ0) is 14.8. The van der Waals surface area contributed by atoms with Crippen molar-refractivity contribution in [2.75, 3.05) is 26.5 Å². The van der Waals surface area contributed by atoms with E-state index in [2.05, 4.69) is 0 Å². The van der Waals surface area contributed by atoms with Crippen molar-refractivity contribution < 1.29 is 28.9 Å². The van der Waals surface area contributed by atoms with Crippen molar-refractivity contribution in [2.24, 2.45) is 0 Å². The molecule has 7 heteroatoms. The van der Waals surface area contributed by atoms with Gasteiger partial charge in [-0.15, -0.1) is 0 Å². The van der Waals surface area contributed by atoms with Gasteiger partial charge < -0.3 is 24.2 Å². The molecule has 2 heterocycles. The number of carboxylic acid groups (broad SMARTS) is 1. The second-order valence-electron chi connectivity index (χ2n) is 4.91. The maximum Gasteiger partial charge on any atom is 0.306 e. The van der Waals surface area contributed by atoms with E-state index in [0.29, 0.717) is 30.2 Å². The number of benzene rings is 1. The van der Waals surface area contributed by atoms with E-state index < -0.39 is 12.1 Å².